The molecule has 0 saturated carbocycles. The van der Waals surface area contributed by atoms with Gasteiger partial charge in [0.15, 0.2) is 0 Å². The van der Waals surface area contributed by atoms with Crippen molar-refractivity contribution in [3.05, 3.63) is 23.8 Å². The first-order valence-corrected chi connectivity index (χ1v) is 8.02. The fourth-order valence-corrected chi connectivity index (χ4v) is 1.91. The summed E-state index contributed by atoms with van der Waals surface area (Å²) in [5.74, 6) is 0.250. The molecule has 0 amide bonds. The molecule has 5 heteroatoms. The quantitative estimate of drug-likeness (QED) is 0.395. The smallest absolute Gasteiger partial charge is 0.338 e. The van der Waals surface area contributed by atoms with Crippen LogP contribution in [0.2, 0.25) is 0 Å². The molecule has 0 saturated heterocycles. The highest BCUT2D eigenvalue weighted by Crippen LogP contribution is 2.23. The highest BCUT2D eigenvalue weighted by atomic mass is 16.5. The van der Waals surface area contributed by atoms with Crippen molar-refractivity contribution in [3.63, 3.8) is 0 Å². The Balaban J connectivity index is 2.53. The molecule has 0 heterocycles. The molecule has 3 N–H and O–H groups in total. The Bertz CT molecular complexity index is 463. The summed E-state index contributed by atoms with van der Waals surface area (Å²) in [5.41, 5.74) is 6.83. The van der Waals surface area contributed by atoms with Crippen LogP contribution in [0.25, 0.3) is 0 Å². The summed E-state index contributed by atoms with van der Waals surface area (Å²) in [6.07, 6.45) is 2.91. The molecule has 0 spiro atoms. The number of nitrogens with one attached hydrogen (secondary N) is 1. The molecule has 0 aromatic heterocycles. The van der Waals surface area contributed by atoms with Crippen LogP contribution < -0.4 is 15.8 Å². The molecule has 1 rings (SSSR count). The van der Waals surface area contributed by atoms with Crippen LogP contribution in [0.1, 0.15) is 50.4 Å². The van der Waals surface area contributed by atoms with Crippen LogP contribution in [0, 0.1) is 0 Å². The second-order valence-corrected chi connectivity index (χ2v) is 5.37. The van der Waals surface area contributed by atoms with Crippen LogP contribution in [0.5, 0.6) is 5.75 Å². The molecule has 0 aliphatic heterocycles. The summed E-state index contributed by atoms with van der Waals surface area (Å²) in [5, 5.41) is 3.22. The lowest BCUT2D eigenvalue weighted by atomic mass is 10.2. The Kier molecular flexibility index (Phi) is 8.36. The minimum atomic E-state index is -0.363. The molecule has 0 bridgehead atoms. The van der Waals surface area contributed by atoms with Crippen molar-refractivity contribution in [2.45, 2.75) is 46.1 Å². The van der Waals surface area contributed by atoms with E-state index in [9.17, 15) is 4.79 Å². The molecule has 1 aromatic rings. The Hall–Kier alpha value is -1.75. The van der Waals surface area contributed by atoms with Crippen molar-refractivity contribution in [2.75, 3.05) is 25.4 Å². The molecule has 0 aliphatic rings. The van der Waals surface area contributed by atoms with Gasteiger partial charge in [-0.2, -0.15) is 0 Å². The van der Waals surface area contributed by atoms with Crippen molar-refractivity contribution in [1.29, 1.82) is 0 Å². The van der Waals surface area contributed by atoms with E-state index < -0.39 is 0 Å². The first-order valence-electron chi connectivity index (χ1n) is 8.02. The van der Waals surface area contributed by atoms with E-state index in [0.717, 1.165) is 25.8 Å². The van der Waals surface area contributed by atoms with Crippen molar-refractivity contribution in [2.24, 2.45) is 0 Å². The average Bonchev–Trinajstić information content (AvgIpc) is 2.49. The summed E-state index contributed by atoms with van der Waals surface area (Å²) in [7, 11) is 0. The van der Waals surface area contributed by atoms with Gasteiger partial charge in [-0.05, 0) is 44.5 Å². The Labute approximate surface area is 133 Å². The van der Waals surface area contributed by atoms with E-state index >= 15 is 0 Å². The fourth-order valence-electron chi connectivity index (χ4n) is 1.91. The predicted molar refractivity (Wildman–Crippen MR) is 89.3 cm³/mol. The first kappa shape index (κ1) is 18.3. The number of unbranched alkanes of at least 4 members (excludes halogenated alkanes) is 1. The van der Waals surface area contributed by atoms with Crippen molar-refractivity contribution in [3.8, 4) is 5.75 Å². The number of benzene rings is 1. The second-order valence-electron chi connectivity index (χ2n) is 5.37. The SMILES string of the molecule is CCCCOc1ccc(C(=O)O[C@@H](C)CNCCC)cc1N. The maximum absolute atomic E-state index is 12.1. The topological polar surface area (TPSA) is 73.6 Å². The zero-order valence-electron chi connectivity index (χ0n) is 13.9. The predicted octanol–water partition coefficient (Wildman–Crippen LogP) is 2.99. The zero-order chi connectivity index (χ0) is 16.4. The Morgan fingerprint density at radius 3 is 2.73 bits per heavy atom. The molecule has 5 nitrogen and oxygen atoms in total. The summed E-state index contributed by atoms with van der Waals surface area (Å²) >= 11 is 0. The third-order valence-electron chi connectivity index (χ3n) is 3.17. The van der Waals surface area contributed by atoms with Crippen LogP contribution in [0.3, 0.4) is 0 Å². The molecule has 0 fully saturated rings. The van der Waals surface area contributed by atoms with E-state index in [1.807, 2.05) is 6.92 Å². The summed E-state index contributed by atoms with van der Waals surface area (Å²) in [4.78, 5) is 12.1. The minimum Gasteiger partial charge on any atom is -0.491 e. The van der Waals surface area contributed by atoms with Crippen molar-refractivity contribution < 1.29 is 14.3 Å². The molecule has 1 atom stereocenters. The second kappa shape index (κ2) is 10.1. The van der Waals surface area contributed by atoms with Gasteiger partial charge in [0, 0.05) is 6.54 Å². The first-order chi connectivity index (χ1) is 10.6. The van der Waals surface area contributed by atoms with Gasteiger partial charge in [-0.25, -0.2) is 4.79 Å². The van der Waals surface area contributed by atoms with Crippen LogP contribution in [-0.4, -0.2) is 31.8 Å². The normalized spacial score (nSPS) is 12.0. The standard InChI is InChI=1S/C17H28N2O3/c1-4-6-10-21-16-8-7-14(11-15(16)18)17(20)22-13(3)12-19-9-5-2/h7-8,11,13,19H,4-6,9-10,12,18H2,1-3H3/t13-/m0/s1. The van der Waals surface area contributed by atoms with E-state index in [-0.39, 0.29) is 12.1 Å². The van der Waals surface area contributed by atoms with E-state index in [2.05, 4.69) is 19.2 Å². The van der Waals surface area contributed by atoms with Crippen LogP contribution in [0.4, 0.5) is 5.69 Å². The van der Waals surface area contributed by atoms with Gasteiger partial charge in [0.25, 0.3) is 0 Å². The number of esters is 1. The van der Waals surface area contributed by atoms with Gasteiger partial charge in [-0.3, -0.25) is 0 Å². The van der Waals surface area contributed by atoms with E-state index in [0.29, 0.717) is 30.2 Å². The molecule has 22 heavy (non-hydrogen) atoms. The monoisotopic (exact) mass is 308 g/mol. The number of rotatable bonds is 10. The van der Waals surface area contributed by atoms with Gasteiger partial charge >= 0.3 is 5.97 Å². The number of carbonyl (C=O) groups is 1. The highest BCUT2D eigenvalue weighted by molar-refractivity contribution is 5.91. The van der Waals surface area contributed by atoms with Crippen LogP contribution >= 0.6 is 0 Å². The van der Waals surface area contributed by atoms with Gasteiger partial charge in [0.05, 0.1) is 17.9 Å². The maximum Gasteiger partial charge on any atom is 0.338 e. The summed E-state index contributed by atoms with van der Waals surface area (Å²) in [6.45, 7) is 8.25. The molecule has 0 aliphatic carbocycles. The van der Waals surface area contributed by atoms with Gasteiger partial charge in [0.1, 0.15) is 11.9 Å². The Morgan fingerprint density at radius 2 is 2.09 bits per heavy atom. The fraction of sp³-hybridized carbons (Fsp3) is 0.588. The van der Waals surface area contributed by atoms with Crippen molar-refractivity contribution >= 4 is 11.7 Å². The molecular formula is C17H28N2O3. The number of nitrogen functional groups attached to an aromatic ring is 1. The number of ether oxygens (including phenoxy) is 2. The van der Waals surface area contributed by atoms with Gasteiger partial charge in [0.2, 0.25) is 0 Å². The largest absolute Gasteiger partial charge is 0.491 e. The highest BCUT2D eigenvalue weighted by Gasteiger charge is 2.13. The average molecular weight is 308 g/mol. The molecule has 0 unspecified atom stereocenters. The number of hydrogen-bond donors (Lipinski definition) is 2. The number of hydrogen-bond acceptors (Lipinski definition) is 5. The number of anilines is 1. The van der Waals surface area contributed by atoms with Crippen molar-refractivity contribution in [1.82, 2.24) is 5.32 Å². The third-order valence-corrected chi connectivity index (χ3v) is 3.17. The lowest BCUT2D eigenvalue weighted by Gasteiger charge is -2.15. The van der Waals surface area contributed by atoms with Crippen LogP contribution in [0.15, 0.2) is 18.2 Å². The van der Waals surface area contributed by atoms with E-state index in [4.69, 9.17) is 15.2 Å². The van der Waals surface area contributed by atoms with Gasteiger partial charge in [-0.15, -0.1) is 0 Å². The summed E-state index contributed by atoms with van der Waals surface area (Å²) < 4.78 is 10.9. The minimum absolute atomic E-state index is 0.180. The summed E-state index contributed by atoms with van der Waals surface area (Å²) in [6, 6.07) is 5.02. The van der Waals surface area contributed by atoms with Gasteiger partial charge in [-0.1, -0.05) is 20.3 Å². The molecule has 0 radical (unpaired) electrons. The molecule has 1 aromatic carbocycles. The molecule has 124 valence electrons. The molecular weight excluding hydrogens is 280 g/mol. The maximum atomic E-state index is 12.1. The zero-order valence-corrected chi connectivity index (χ0v) is 13.9. The van der Waals surface area contributed by atoms with E-state index in [1.165, 1.54) is 0 Å². The number of nitrogens with two attached hydrogens (primary N) is 1. The van der Waals surface area contributed by atoms with Gasteiger partial charge < -0.3 is 20.5 Å². The Morgan fingerprint density at radius 1 is 1.32 bits per heavy atom. The lowest BCUT2D eigenvalue weighted by molar-refractivity contribution is 0.0343. The third kappa shape index (κ3) is 6.35. The number of carbonyl (C=O) groups excluding carboxylic acids is 1. The van der Waals surface area contributed by atoms with E-state index in [1.54, 1.807) is 18.2 Å². The van der Waals surface area contributed by atoms with Crippen LogP contribution in [-0.2, 0) is 4.74 Å². The lowest BCUT2D eigenvalue weighted by Crippen LogP contribution is -2.29.